The van der Waals surface area contributed by atoms with Crippen LogP contribution in [0, 0.1) is 6.92 Å². The molecule has 1 atom stereocenters. The van der Waals surface area contributed by atoms with Gasteiger partial charge in [0.25, 0.3) is 0 Å². The molecule has 1 unspecified atom stereocenters. The summed E-state index contributed by atoms with van der Waals surface area (Å²) in [6, 6.07) is 0.0234. The first kappa shape index (κ1) is 13.9. The van der Waals surface area contributed by atoms with Crippen LogP contribution in [0.2, 0.25) is 0 Å². The van der Waals surface area contributed by atoms with E-state index in [0.717, 1.165) is 42.9 Å². The lowest BCUT2D eigenvalue weighted by Crippen LogP contribution is -2.44. The highest BCUT2D eigenvalue weighted by molar-refractivity contribution is 7.89. The molecule has 2 N–H and O–H groups in total. The number of rotatable bonds is 4. The van der Waals surface area contributed by atoms with Gasteiger partial charge in [-0.25, -0.2) is 13.6 Å². The van der Waals surface area contributed by atoms with Gasteiger partial charge in [0.2, 0.25) is 10.0 Å². The van der Waals surface area contributed by atoms with E-state index in [4.69, 9.17) is 5.14 Å². The minimum absolute atomic E-state index is 0.0234. The maximum Gasteiger partial charge on any atom is 0.210 e. The zero-order valence-corrected chi connectivity index (χ0v) is 12.0. The number of nitrogens with two attached hydrogens (primary N) is 1. The molecular formula is C10H18N4O2S2. The van der Waals surface area contributed by atoms with E-state index in [9.17, 15) is 8.42 Å². The summed E-state index contributed by atoms with van der Waals surface area (Å²) in [4.78, 5) is 3.30. The van der Waals surface area contributed by atoms with E-state index < -0.39 is 10.0 Å². The SMILES string of the molecule is Cc1nnsc1CN1CCCCC1CS(N)(=O)=O. The van der Waals surface area contributed by atoms with Gasteiger partial charge in [0.1, 0.15) is 0 Å². The summed E-state index contributed by atoms with van der Waals surface area (Å²) in [5.41, 5.74) is 0.930. The van der Waals surface area contributed by atoms with Crippen molar-refractivity contribution < 1.29 is 8.42 Å². The Morgan fingerprint density at radius 2 is 2.28 bits per heavy atom. The molecular weight excluding hydrogens is 272 g/mol. The van der Waals surface area contributed by atoms with E-state index in [-0.39, 0.29) is 11.8 Å². The molecule has 1 aromatic rings. The monoisotopic (exact) mass is 290 g/mol. The fraction of sp³-hybridized carbons (Fsp3) is 0.800. The Morgan fingerprint density at radius 1 is 1.50 bits per heavy atom. The smallest absolute Gasteiger partial charge is 0.210 e. The quantitative estimate of drug-likeness (QED) is 0.871. The molecule has 0 radical (unpaired) electrons. The van der Waals surface area contributed by atoms with Crippen LogP contribution in [-0.4, -0.2) is 41.2 Å². The Kier molecular flexibility index (Phi) is 4.31. The van der Waals surface area contributed by atoms with Crippen molar-refractivity contribution in [1.29, 1.82) is 0 Å². The van der Waals surface area contributed by atoms with Crippen molar-refractivity contribution in [3.63, 3.8) is 0 Å². The Balaban J connectivity index is 2.06. The Hall–Kier alpha value is -0.570. The van der Waals surface area contributed by atoms with Crippen molar-refractivity contribution in [2.75, 3.05) is 12.3 Å². The second-order valence-corrected chi connectivity index (χ2v) is 7.23. The average Bonchev–Trinajstić information content (AvgIpc) is 2.65. The van der Waals surface area contributed by atoms with Gasteiger partial charge in [-0.05, 0) is 37.8 Å². The van der Waals surface area contributed by atoms with Crippen molar-refractivity contribution in [2.45, 2.75) is 38.8 Å². The fourth-order valence-electron chi connectivity index (χ4n) is 2.31. The van der Waals surface area contributed by atoms with E-state index in [2.05, 4.69) is 14.5 Å². The molecule has 1 aromatic heterocycles. The van der Waals surface area contributed by atoms with Crippen LogP contribution >= 0.6 is 11.5 Å². The van der Waals surface area contributed by atoms with E-state index >= 15 is 0 Å². The van der Waals surface area contributed by atoms with Gasteiger partial charge in [-0.1, -0.05) is 10.9 Å². The molecule has 1 saturated heterocycles. The zero-order valence-electron chi connectivity index (χ0n) is 10.4. The van der Waals surface area contributed by atoms with Crippen LogP contribution in [0.1, 0.15) is 29.8 Å². The minimum atomic E-state index is -3.42. The third kappa shape index (κ3) is 3.71. The summed E-state index contributed by atoms with van der Waals surface area (Å²) < 4.78 is 26.4. The summed E-state index contributed by atoms with van der Waals surface area (Å²) >= 11 is 1.38. The normalized spacial score (nSPS) is 22.2. The van der Waals surface area contributed by atoms with Crippen LogP contribution in [0.15, 0.2) is 0 Å². The molecule has 0 aliphatic carbocycles. The maximum atomic E-state index is 11.2. The second-order valence-electron chi connectivity index (χ2n) is 4.73. The number of hydrogen-bond donors (Lipinski definition) is 1. The predicted octanol–water partition coefficient (Wildman–Crippen LogP) is 0.490. The molecule has 1 aliphatic rings. The molecule has 0 spiro atoms. The van der Waals surface area contributed by atoms with E-state index in [1.807, 2.05) is 6.92 Å². The molecule has 18 heavy (non-hydrogen) atoms. The van der Waals surface area contributed by atoms with Gasteiger partial charge in [-0.2, -0.15) is 0 Å². The van der Waals surface area contributed by atoms with Gasteiger partial charge in [0, 0.05) is 12.6 Å². The van der Waals surface area contributed by atoms with Crippen LogP contribution in [0.25, 0.3) is 0 Å². The van der Waals surface area contributed by atoms with E-state index in [0.29, 0.717) is 0 Å². The lowest BCUT2D eigenvalue weighted by atomic mass is 10.0. The highest BCUT2D eigenvalue weighted by atomic mass is 32.2. The predicted molar refractivity (Wildman–Crippen MR) is 70.7 cm³/mol. The van der Waals surface area contributed by atoms with Crippen molar-refractivity contribution in [2.24, 2.45) is 5.14 Å². The van der Waals surface area contributed by atoms with Crippen molar-refractivity contribution in [1.82, 2.24) is 14.5 Å². The first-order valence-corrected chi connectivity index (χ1v) is 8.47. The van der Waals surface area contributed by atoms with Crippen LogP contribution in [0.4, 0.5) is 0 Å². The molecule has 6 nitrogen and oxygen atoms in total. The average molecular weight is 290 g/mol. The van der Waals surface area contributed by atoms with Gasteiger partial charge in [0.05, 0.1) is 16.3 Å². The van der Waals surface area contributed by atoms with Gasteiger partial charge in [0.15, 0.2) is 0 Å². The fourth-order valence-corrected chi connectivity index (χ4v) is 3.88. The number of aromatic nitrogens is 2. The summed E-state index contributed by atoms with van der Waals surface area (Å²) in [6.07, 6.45) is 3.06. The molecule has 0 amide bonds. The summed E-state index contributed by atoms with van der Waals surface area (Å²) in [5, 5.41) is 9.14. The highest BCUT2D eigenvalue weighted by Crippen LogP contribution is 2.22. The molecule has 0 bridgehead atoms. The first-order chi connectivity index (χ1) is 8.46. The van der Waals surface area contributed by atoms with Crippen molar-refractivity contribution in [3.8, 4) is 0 Å². The van der Waals surface area contributed by atoms with Gasteiger partial charge in [-0.15, -0.1) is 5.10 Å². The molecule has 102 valence electrons. The molecule has 1 fully saturated rings. The summed E-state index contributed by atoms with van der Waals surface area (Å²) in [6.45, 7) is 3.57. The third-order valence-corrected chi connectivity index (χ3v) is 4.92. The van der Waals surface area contributed by atoms with Crippen molar-refractivity contribution >= 4 is 21.6 Å². The number of aryl methyl sites for hydroxylation is 1. The van der Waals surface area contributed by atoms with E-state index in [1.54, 1.807) is 0 Å². The molecule has 8 heteroatoms. The van der Waals surface area contributed by atoms with Gasteiger partial charge < -0.3 is 0 Å². The third-order valence-electron chi connectivity index (χ3n) is 3.27. The Morgan fingerprint density at radius 3 is 2.89 bits per heavy atom. The number of piperidine rings is 1. The number of likely N-dealkylation sites (tertiary alicyclic amines) is 1. The molecule has 1 aliphatic heterocycles. The van der Waals surface area contributed by atoms with E-state index in [1.165, 1.54) is 11.5 Å². The second kappa shape index (κ2) is 5.60. The number of primary sulfonamides is 1. The Labute approximate surface area is 111 Å². The van der Waals surface area contributed by atoms with Crippen LogP contribution in [-0.2, 0) is 16.6 Å². The first-order valence-electron chi connectivity index (χ1n) is 5.98. The maximum absolute atomic E-state index is 11.2. The lowest BCUT2D eigenvalue weighted by Gasteiger charge is -2.34. The molecule has 2 rings (SSSR count). The minimum Gasteiger partial charge on any atom is -0.294 e. The van der Waals surface area contributed by atoms with Gasteiger partial charge >= 0.3 is 0 Å². The standard InChI is InChI=1S/C10H18N4O2S2/c1-8-10(17-13-12-8)6-14-5-3-2-4-9(14)7-18(11,15)16/h9H,2-7H2,1H3,(H2,11,15,16). The van der Waals surface area contributed by atoms with Crippen molar-refractivity contribution in [3.05, 3.63) is 10.6 Å². The van der Waals surface area contributed by atoms with Crippen LogP contribution < -0.4 is 5.14 Å². The Bertz CT molecular complexity index is 500. The summed E-state index contributed by atoms with van der Waals surface area (Å²) in [5.74, 6) is 0.0400. The zero-order chi connectivity index (χ0) is 13.2. The molecule has 0 aromatic carbocycles. The number of nitrogens with zero attached hydrogens (tertiary/aromatic N) is 3. The molecule has 2 heterocycles. The van der Waals surface area contributed by atoms with Gasteiger partial charge in [-0.3, -0.25) is 4.90 Å². The largest absolute Gasteiger partial charge is 0.294 e. The molecule has 0 saturated carbocycles. The summed E-state index contributed by atoms with van der Waals surface area (Å²) in [7, 11) is -3.42. The highest BCUT2D eigenvalue weighted by Gasteiger charge is 2.26. The number of hydrogen-bond acceptors (Lipinski definition) is 6. The van der Waals surface area contributed by atoms with Crippen LogP contribution in [0.5, 0.6) is 0 Å². The lowest BCUT2D eigenvalue weighted by molar-refractivity contribution is 0.155. The number of sulfonamides is 1. The topological polar surface area (TPSA) is 89.2 Å². The van der Waals surface area contributed by atoms with Crippen LogP contribution in [0.3, 0.4) is 0 Å².